The van der Waals surface area contributed by atoms with Gasteiger partial charge in [0, 0.05) is 22.5 Å². The van der Waals surface area contributed by atoms with Crippen LogP contribution in [-0.2, 0) is 6.42 Å². The highest BCUT2D eigenvalue weighted by molar-refractivity contribution is 6.08. The van der Waals surface area contributed by atoms with Crippen LogP contribution in [0.5, 0.6) is 0 Å². The third-order valence-electron chi connectivity index (χ3n) is 8.92. The summed E-state index contributed by atoms with van der Waals surface area (Å²) in [5, 5.41) is 4.99. The summed E-state index contributed by atoms with van der Waals surface area (Å²) in [7, 11) is 0. The van der Waals surface area contributed by atoms with Gasteiger partial charge < -0.3 is 0 Å². The van der Waals surface area contributed by atoms with Gasteiger partial charge in [-0.3, -0.25) is 4.98 Å². The average molecular weight is 535 g/mol. The molecule has 7 aromatic rings. The third-order valence-corrected chi connectivity index (χ3v) is 8.92. The smallest absolute Gasteiger partial charge is 0.0972 e. The van der Waals surface area contributed by atoms with Crippen LogP contribution < -0.4 is 0 Å². The molecule has 0 spiro atoms. The molecule has 2 heterocycles. The predicted octanol–water partition coefficient (Wildman–Crippen LogP) is 10.3. The van der Waals surface area contributed by atoms with Gasteiger partial charge in [0.05, 0.1) is 16.7 Å². The molecule has 2 aliphatic carbocycles. The Labute approximate surface area is 244 Å². The highest BCUT2D eigenvalue weighted by Gasteiger charge is 2.21. The quantitative estimate of drug-likeness (QED) is 0.211. The maximum atomic E-state index is 5.09. The SMILES string of the molecule is C1=Cc2ccc3c(-c4cccc(-c5cccc(-c6ccc7ccc8cccnc8c7n6)c5)c4)ccc4c3c2C(=CC4)C1. The Kier molecular flexibility index (Phi) is 5.06. The van der Waals surface area contributed by atoms with Crippen molar-refractivity contribution >= 4 is 44.2 Å². The van der Waals surface area contributed by atoms with Crippen molar-refractivity contribution in [3.63, 3.8) is 0 Å². The Morgan fingerprint density at radius 2 is 1.38 bits per heavy atom. The molecule has 0 fully saturated rings. The molecule has 2 aliphatic rings. The summed E-state index contributed by atoms with van der Waals surface area (Å²) >= 11 is 0. The number of benzene rings is 5. The molecule has 0 radical (unpaired) electrons. The molecule has 196 valence electrons. The van der Waals surface area contributed by atoms with E-state index in [1.165, 1.54) is 55.3 Å². The van der Waals surface area contributed by atoms with Gasteiger partial charge >= 0.3 is 0 Å². The second-order valence-electron chi connectivity index (χ2n) is 11.3. The van der Waals surface area contributed by atoms with Gasteiger partial charge in [-0.25, -0.2) is 4.98 Å². The normalized spacial score (nSPS) is 13.6. The second-order valence-corrected chi connectivity index (χ2v) is 11.3. The lowest BCUT2D eigenvalue weighted by molar-refractivity contribution is 1.23. The zero-order valence-corrected chi connectivity index (χ0v) is 23.0. The van der Waals surface area contributed by atoms with Gasteiger partial charge in [-0.15, -0.1) is 0 Å². The maximum Gasteiger partial charge on any atom is 0.0972 e. The number of pyridine rings is 2. The minimum Gasteiger partial charge on any atom is -0.254 e. The Bertz CT molecular complexity index is 2300. The minimum atomic E-state index is 0.942. The van der Waals surface area contributed by atoms with Gasteiger partial charge in [0.2, 0.25) is 0 Å². The summed E-state index contributed by atoms with van der Waals surface area (Å²) in [4.78, 5) is 9.73. The molecule has 0 bridgehead atoms. The number of allylic oxidation sites excluding steroid dienone is 3. The molecule has 42 heavy (non-hydrogen) atoms. The molecule has 2 heteroatoms. The van der Waals surface area contributed by atoms with Crippen molar-refractivity contribution in [1.82, 2.24) is 9.97 Å². The molecule has 0 saturated heterocycles. The molecule has 0 atom stereocenters. The standard InChI is InChI=1S/C40H26N2/c1-5-25-12-13-27-16-19-34(35-20-17-26(6-1)37(25)38(27)35)32-9-2-7-30(23-32)31-8-3-10-33(24-31)36-21-18-29-15-14-28-11-4-22-41-39(28)40(29)42-36/h1-4,6-12,14-24H,5,13H2. The van der Waals surface area contributed by atoms with E-state index in [1.807, 2.05) is 12.3 Å². The van der Waals surface area contributed by atoms with E-state index in [2.05, 4.69) is 126 Å². The maximum absolute atomic E-state index is 5.09. The second kappa shape index (κ2) is 9.09. The lowest BCUT2D eigenvalue weighted by atomic mass is 9.80. The van der Waals surface area contributed by atoms with Crippen LogP contribution in [-0.4, -0.2) is 9.97 Å². The number of nitrogens with zero attached hydrogens (tertiary/aromatic N) is 2. The van der Waals surface area contributed by atoms with Crippen LogP contribution in [0.25, 0.3) is 77.7 Å². The number of fused-ring (bicyclic) bond motifs is 3. The van der Waals surface area contributed by atoms with E-state index in [4.69, 9.17) is 4.98 Å². The summed E-state index contributed by atoms with van der Waals surface area (Å²) in [5.74, 6) is 0. The van der Waals surface area contributed by atoms with Crippen LogP contribution >= 0.6 is 0 Å². The first kappa shape index (κ1) is 23.4. The average Bonchev–Trinajstić information content (AvgIpc) is 3.07. The summed E-state index contributed by atoms with van der Waals surface area (Å²) in [6.45, 7) is 0. The van der Waals surface area contributed by atoms with E-state index < -0.39 is 0 Å². The van der Waals surface area contributed by atoms with Gasteiger partial charge in [-0.1, -0.05) is 103 Å². The first-order valence-corrected chi connectivity index (χ1v) is 14.6. The van der Waals surface area contributed by atoms with Gasteiger partial charge in [0.25, 0.3) is 0 Å². The third kappa shape index (κ3) is 3.59. The summed E-state index contributed by atoms with van der Waals surface area (Å²) in [6, 6.07) is 39.5. The van der Waals surface area contributed by atoms with Crippen molar-refractivity contribution in [3.05, 3.63) is 144 Å². The number of aromatic nitrogens is 2. The van der Waals surface area contributed by atoms with Gasteiger partial charge in [-0.05, 0) is 92.4 Å². The van der Waals surface area contributed by atoms with Crippen LogP contribution in [0.3, 0.4) is 0 Å². The summed E-state index contributed by atoms with van der Waals surface area (Å²) in [5.41, 5.74) is 14.5. The zero-order chi connectivity index (χ0) is 27.6. The lowest BCUT2D eigenvalue weighted by Gasteiger charge is -2.24. The van der Waals surface area contributed by atoms with E-state index >= 15 is 0 Å². The molecular weight excluding hydrogens is 508 g/mol. The van der Waals surface area contributed by atoms with Crippen LogP contribution in [0.1, 0.15) is 23.1 Å². The highest BCUT2D eigenvalue weighted by Crippen LogP contribution is 2.43. The van der Waals surface area contributed by atoms with Crippen LogP contribution in [0.4, 0.5) is 0 Å². The van der Waals surface area contributed by atoms with Crippen molar-refractivity contribution < 1.29 is 0 Å². The Hall–Kier alpha value is -5.34. The van der Waals surface area contributed by atoms with E-state index in [0.29, 0.717) is 0 Å². The van der Waals surface area contributed by atoms with Crippen molar-refractivity contribution in [2.24, 2.45) is 0 Å². The van der Waals surface area contributed by atoms with Crippen molar-refractivity contribution in [2.45, 2.75) is 12.8 Å². The molecule has 0 aliphatic heterocycles. The van der Waals surface area contributed by atoms with Gasteiger partial charge in [0.1, 0.15) is 0 Å². The fraction of sp³-hybridized carbons (Fsp3) is 0.0500. The Balaban J connectivity index is 1.15. The zero-order valence-electron chi connectivity index (χ0n) is 23.0. The van der Waals surface area contributed by atoms with Gasteiger partial charge in [0.15, 0.2) is 0 Å². The van der Waals surface area contributed by atoms with Gasteiger partial charge in [-0.2, -0.15) is 0 Å². The molecule has 2 aromatic heterocycles. The molecule has 2 nitrogen and oxygen atoms in total. The molecule has 9 rings (SSSR count). The van der Waals surface area contributed by atoms with E-state index in [9.17, 15) is 0 Å². The summed E-state index contributed by atoms with van der Waals surface area (Å²) in [6.07, 6.45) is 10.9. The minimum absolute atomic E-state index is 0.942. The van der Waals surface area contributed by atoms with Crippen molar-refractivity contribution in [3.8, 4) is 33.5 Å². The van der Waals surface area contributed by atoms with Crippen LogP contribution in [0.15, 0.2) is 128 Å². The number of rotatable bonds is 3. The summed E-state index contributed by atoms with van der Waals surface area (Å²) < 4.78 is 0. The van der Waals surface area contributed by atoms with E-state index in [-0.39, 0.29) is 0 Å². The highest BCUT2D eigenvalue weighted by atomic mass is 14.7. The lowest BCUT2D eigenvalue weighted by Crippen LogP contribution is -2.03. The fourth-order valence-corrected chi connectivity index (χ4v) is 6.88. The largest absolute Gasteiger partial charge is 0.254 e. The van der Waals surface area contributed by atoms with Crippen molar-refractivity contribution in [1.29, 1.82) is 0 Å². The molecule has 0 saturated carbocycles. The first-order valence-electron chi connectivity index (χ1n) is 14.6. The molecule has 5 aromatic carbocycles. The molecule has 0 unspecified atom stereocenters. The molecular formula is C40H26N2. The van der Waals surface area contributed by atoms with Crippen LogP contribution in [0, 0.1) is 0 Å². The predicted molar refractivity (Wildman–Crippen MR) is 176 cm³/mol. The van der Waals surface area contributed by atoms with E-state index in [0.717, 1.165) is 45.9 Å². The van der Waals surface area contributed by atoms with Crippen LogP contribution in [0.2, 0.25) is 0 Å². The molecule has 0 amide bonds. The fourth-order valence-electron chi connectivity index (χ4n) is 6.88. The first-order chi connectivity index (χ1) is 20.8. The molecule has 0 N–H and O–H groups in total. The Morgan fingerprint density at radius 1 is 0.595 bits per heavy atom. The number of hydrogen-bond donors (Lipinski definition) is 0. The number of hydrogen-bond acceptors (Lipinski definition) is 2. The monoisotopic (exact) mass is 534 g/mol. The topological polar surface area (TPSA) is 25.8 Å². The van der Waals surface area contributed by atoms with E-state index in [1.54, 1.807) is 0 Å². The Morgan fingerprint density at radius 3 is 2.29 bits per heavy atom. The van der Waals surface area contributed by atoms with Crippen molar-refractivity contribution in [2.75, 3.05) is 0 Å².